The number of carbonyl (C=O) groups is 4. The fourth-order valence-electron chi connectivity index (χ4n) is 3.48. The first-order valence-corrected chi connectivity index (χ1v) is 11.5. The van der Waals surface area contributed by atoms with E-state index in [0.29, 0.717) is 40.7 Å². The third-order valence-corrected chi connectivity index (χ3v) is 5.21. The quantitative estimate of drug-likeness (QED) is 0.221. The number of barbiturate groups is 1. The molecule has 1 saturated heterocycles. The van der Waals surface area contributed by atoms with Crippen LogP contribution >= 0.6 is 11.6 Å². The predicted molar refractivity (Wildman–Crippen MR) is 134 cm³/mol. The molecule has 2 aromatic rings. The minimum Gasteiger partial charge on any atom is -0.490 e. The highest BCUT2D eigenvalue weighted by Gasteiger charge is 2.36. The van der Waals surface area contributed by atoms with Crippen LogP contribution in [0.3, 0.4) is 0 Å². The first-order chi connectivity index (χ1) is 17.3. The van der Waals surface area contributed by atoms with Crippen LogP contribution in [0.4, 0.5) is 10.5 Å². The maximum atomic E-state index is 13.2. The van der Waals surface area contributed by atoms with Crippen molar-refractivity contribution in [1.82, 2.24) is 5.32 Å². The lowest BCUT2D eigenvalue weighted by molar-refractivity contribution is -0.145. The predicted octanol–water partition coefficient (Wildman–Crippen LogP) is 4.08. The summed E-state index contributed by atoms with van der Waals surface area (Å²) < 4.78 is 16.3. The van der Waals surface area contributed by atoms with Crippen LogP contribution in [0.15, 0.2) is 54.6 Å². The van der Waals surface area contributed by atoms with Gasteiger partial charge in [0.1, 0.15) is 5.57 Å². The smallest absolute Gasteiger partial charge is 0.344 e. The summed E-state index contributed by atoms with van der Waals surface area (Å²) in [6.45, 7) is 7.41. The number of imide groups is 2. The second kappa shape index (κ2) is 12.0. The van der Waals surface area contributed by atoms with Crippen molar-refractivity contribution in [2.75, 3.05) is 24.7 Å². The summed E-state index contributed by atoms with van der Waals surface area (Å²) in [7, 11) is 0. The number of amides is 4. The average molecular weight is 513 g/mol. The van der Waals surface area contributed by atoms with Gasteiger partial charge in [0.2, 0.25) is 0 Å². The van der Waals surface area contributed by atoms with Gasteiger partial charge >= 0.3 is 12.0 Å². The normalized spacial score (nSPS) is 14.5. The molecule has 36 heavy (non-hydrogen) atoms. The zero-order valence-electron chi connectivity index (χ0n) is 19.8. The van der Waals surface area contributed by atoms with E-state index in [9.17, 15) is 19.2 Å². The summed E-state index contributed by atoms with van der Waals surface area (Å²) in [6, 6.07) is 8.45. The Hall–Kier alpha value is -4.11. The van der Waals surface area contributed by atoms with Crippen LogP contribution in [-0.4, -0.2) is 43.6 Å². The Kier molecular flexibility index (Phi) is 8.86. The summed E-state index contributed by atoms with van der Waals surface area (Å²) in [4.78, 5) is 50.9. The van der Waals surface area contributed by atoms with Crippen LogP contribution in [0.5, 0.6) is 11.5 Å². The van der Waals surface area contributed by atoms with Crippen molar-refractivity contribution >= 4 is 47.2 Å². The van der Waals surface area contributed by atoms with Crippen LogP contribution in [-0.2, 0) is 25.5 Å². The van der Waals surface area contributed by atoms with Gasteiger partial charge in [0.15, 0.2) is 18.1 Å². The Bertz CT molecular complexity index is 1220. The van der Waals surface area contributed by atoms with E-state index in [4.69, 9.17) is 25.8 Å². The van der Waals surface area contributed by atoms with E-state index < -0.39 is 23.8 Å². The van der Waals surface area contributed by atoms with Gasteiger partial charge in [-0.3, -0.25) is 14.9 Å². The molecule has 0 aromatic heterocycles. The van der Waals surface area contributed by atoms with E-state index in [-0.39, 0.29) is 24.5 Å². The fourth-order valence-corrected chi connectivity index (χ4v) is 3.61. The lowest BCUT2D eigenvalue weighted by atomic mass is 10.0. The van der Waals surface area contributed by atoms with Crippen molar-refractivity contribution < 1.29 is 33.4 Å². The molecule has 1 aliphatic rings. The molecule has 188 valence electrons. The highest BCUT2D eigenvalue weighted by molar-refractivity contribution is 6.39. The first kappa shape index (κ1) is 26.5. The maximum absolute atomic E-state index is 13.2. The molecule has 10 heteroatoms. The summed E-state index contributed by atoms with van der Waals surface area (Å²) in [5, 5.41) is 2.61. The van der Waals surface area contributed by atoms with Crippen molar-refractivity contribution in [2.24, 2.45) is 0 Å². The highest BCUT2D eigenvalue weighted by atomic mass is 35.5. The number of carbonyl (C=O) groups excluding carboxylic acids is 4. The fraction of sp³-hybridized carbons (Fsp3) is 0.231. The van der Waals surface area contributed by atoms with Gasteiger partial charge < -0.3 is 14.2 Å². The minimum atomic E-state index is -0.866. The van der Waals surface area contributed by atoms with Crippen LogP contribution < -0.4 is 19.7 Å². The van der Waals surface area contributed by atoms with Crippen LogP contribution in [0.1, 0.15) is 25.0 Å². The largest absolute Gasteiger partial charge is 0.490 e. The molecule has 4 amide bonds. The zero-order chi connectivity index (χ0) is 26.2. The second-order valence-electron chi connectivity index (χ2n) is 7.46. The number of hydrogen-bond donors (Lipinski definition) is 1. The Labute approximate surface area is 213 Å². The summed E-state index contributed by atoms with van der Waals surface area (Å²) in [5.74, 6) is -1.53. The number of ether oxygens (including phenoxy) is 3. The molecule has 0 radical (unpaired) electrons. The minimum absolute atomic E-state index is 0.220. The van der Waals surface area contributed by atoms with E-state index in [1.165, 1.54) is 30.3 Å². The number of hydrogen-bond acceptors (Lipinski definition) is 7. The third kappa shape index (κ3) is 6.11. The molecule has 1 N–H and O–H groups in total. The number of allylic oxidation sites excluding steroid dienone is 1. The molecule has 1 fully saturated rings. The summed E-state index contributed by atoms with van der Waals surface area (Å²) in [5.41, 5.74) is 1.06. The van der Waals surface area contributed by atoms with Crippen LogP contribution in [0.25, 0.3) is 6.08 Å². The maximum Gasteiger partial charge on any atom is 0.344 e. The zero-order valence-corrected chi connectivity index (χ0v) is 20.6. The monoisotopic (exact) mass is 512 g/mol. The summed E-state index contributed by atoms with van der Waals surface area (Å²) >= 11 is 5.91. The lowest BCUT2D eigenvalue weighted by Gasteiger charge is -2.26. The molecule has 3 rings (SSSR count). The number of halogens is 1. The molecule has 0 unspecified atom stereocenters. The Balaban J connectivity index is 2.02. The number of urea groups is 1. The van der Waals surface area contributed by atoms with Gasteiger partial charge in [-0.25, -0.2) is 14.5 Å². The third-order valence-electron chi connectivity index (χ3n) is 4.96. The Morgan fingerprint density at radius 2 is 1.81 bits per heavy atom. The molecule has 0 spiro atoms. The van der Waals surface area contributed by atoms with Crippen molar-refractivity contribution in [3.05, 3.63) is 70.8 Å². The van der Waals surface area contributed by atoms with Gasteiger partial charge in [-0.05, 0) is 68.3 Å². The van der Waals surface area contributed by atoms with E-state index in [1.54, 1.807) is 32.1 Å². The van der Waals surface area contributed by atoms with Gasteiger partial charge in [-0.2, -0.15) is 0 Å². The number of esters is 1. The van der Waals surface area contributed by atoms with E-state index in [1.807, 2.05) is 0 Å². The van der Waals surface area contributed by atoms with Crippen LogP contribution in [0.2, 0.25) is 5.02 Å². The molecule has 0 saturated carbocycles. The van der Waals surface area contributed by atoms with E-state index >= 15 is 0 Å². The van der Waals surface area contributed by atoms with Crippen LogP contribution in [0, 0.1) is 0 Å². The van der Waals surface area contributed by atoms with Crippen molar-refractivity contribution in [2.45, 2.75) is 20.3 Å². The molecular weight excluding hydrogens is 488 g/mol. The Morgan fingerprint density at radius 3 is 2.44 bits per heavy atom. The molecule has 0 aliphatic carbocycles. The van der Waals surface area contributed by atoms with Gasteiger partial charge in [-0.1, -0.05) is 17.7 Å². The SMILES string of the molecule is C=CCc1cc(/C=C2\C(=O)NC(=O)N(c3ccc(Cl)cc3)C2=O)cc(OCC)c1OCC(=O)OCC. The molecule has 0 bridgehead atoms. The highest BCUT2D eigenvalue weighted by Crippen LogP contribution is 2.35. The Morgan fingerprint density at radius 1 is 1.08 bits per heavy atom. The van der Waals surface area contributed by atoms with Gasteiger partial charge in [0.05, 0.1) is 18.9 Å². The summed E-state index contributed by atoms with van der Waals surface area (Å²) in [6.07, 6.45) is 3.35. The van der Waals surface area contributed by atoms with Crippen molar-refractivity contribution in [3.8, 4) is 11.5 Å². The number of nitrogens with zero attached hydrogens (tertiary/aromatic N) is 1. The molecule has 1 heterocycles. The molecule has 9 nitrogen and oxygen atoms in total. The number of anilines is 1. The van der Waals surface area contributed by atoms with Gasteiger partial charge in [-0.15, -0.1) is 6.58 Å². The molecule has 2 aromatic carbocycles. The number of rotatable bonds is 10. The number of nitrogens with one attached hydrogen (secondary N) is 1. The first-order valence-electron chi connectivity index (χ1n) is 11.1. The van der Waals surface area contributed by atoms with Crippen molar-refractivity contribution in [1.29, 1.82) is 0 Å². The second-order valence-corrected chi connectivity index (χ2v) is 7.90. The van der Waals surface area contributed by atoms with Crippen molar-refractivity contribution in [3.63, 3.8) is 0 Å². The lowest BCUT2D eigenvalue weighted by Crippen LogP contribution is -2.54. The average Bonchev–Trinajstić information content (AvgIpc) is 2.83. The molecule has 1 aliphatic heterocycles. The van der Waals surface area contributed by atoms with E-state index in [2.05, 4.69) is 11.9 Å². The standard InChI is InChI=1S/C26H25ClN2O7/c1-4-7-17-12-16(14-21(34-5-2)23(17)36-15-22(30)35-6-3)13-20-24(31)28-26(33)29(25(20)32)19-10-8-18(27)9-11-19/h4,8-14H,1,5-7,15H2,2-3H3,(H,28,31,33)/b20-13+. The molecular formula is C26H25ClN2O7. The van der Waals surface area contributed by atoms with Gasteiger partial charge in [0.25, 0.3) is 11.8 Å². The van der Waals surface area contributed by atoms with E-state index in [0.717, 1.165) is 4.90 Å². The van der Waals surface area contributed by atoms with Gasteiger partial charge in [0, 0.05) is 10.6 Å². The topological polar surface area (TPSA) is 111 Å². The molecule has 0 atom stereocenters. The number of benzene rings is 2.